The molecule has 2 rings (SSSR count). The van der Waals surface area contributed by atoms with Gasteiger partial charge in [0.2, 0.25) is 15.0 Å². The summed E-state index contributed by atoms with van der Waals surface area (Å²) in [5, 5.41) is 0.558. The van der Waals surface area contributed by atoms with Crippen molar-refractivity contribution in [3.8, 4) is 0 Å². The molecule has 104 valence electrons. The van der Waals surface area contributed by atoms with E-state index in [0.29, 0.717) is 21.7 Å². The molecule has 1 aromatic rings. The van der Waals surface area contributed by atoms with Crippen molar-refractivity contribution in [2.45, 2.75) is 6.42 Å². The summed E-state index contributed by atoms with van der Waals surface area (Å²) < 4.78 is 22.8. The normalized spacial score (nSPS) is 20.1. The van der Waals surface area contributed by atoms with Crippen molar-refractivity contribution in [3.63, 3.8) is 0 Å². The van der Waals surface area contributed by atoms with E-state index in [-0.39, 0.29) is 24.0 Å². The molecule has 8 heteroatoms. The first-order valence-electron chi connectivity index (χ1n) is 5.44. The minimum Gasteiger partial charge on any atom is -0.311 e. The van der Waals surface area contributed by atoms with E-state index in [2.05, 4.69) is 15.9 Å². The Labute approximate surface area is 129 Å². The Morgan fingerprint density at radius 1 is 1.42 bits per heavy atom. The molecular weight excluding hydrogens is 377 g/mol. The SMILES string of the molecule is O=C1CC(CS(=O)(=O)Cl)CN1c1ccc(Cl)cc1Br. The fourth-order valence-electron chi connectivity index (χ4n) is 2.11. The van der Waals surface area contributed by atoms with Crippen LogP contribution < -0.4 is 4.90 Å². The van der Waals surface area contributed by atoms with Gasteiger partial charge in [0.25, 0.3) is 0 Å². The molecule has 1 amide bonds. The number of amides is 1. The molecule has 1 unspecified atom stereocenters. The van der Waals surface area contributed by atoms with Gasteiger partial charge in [0.05, 0.1) is 11.4 Å². The molecule has 0 N–H and O–H groups in total. The van der Waals surface area contributed by atoms with Gasteiger partial charge < -0.3 is 4.90 Å². The van der Waals surface area contributed by atoms with Crippen LogP contribution in [0.3, 0.4) is 0 Å². The molecule has 1 aromatic carbocycles. The third-order valence-electron chi connectivity index (χ3n) is 2.84. The molecule has 1 aliphatic heterocycles. The fourth-order valence-corrected chi connectivity index (χ4v) is 4.33. The van der Waals surface area contributed by atoms with Crippen LogP contribution >= 0.6 is 38.2 Å². The summed E-state index contributed by atoms with van der Waals surface area (Å²) in [6.45, 7) is 0.338. The summed E-state index contributed by atoms with van der Waals surface area (Å²) in [7, 11) is 1.63. The molecule has 1 saturated heterocycles. The predicted octanol–water partition coefficient (Wildman–Crippen LogP) is 3.02. The molecule has 4 nitrogen and oxygen atoms in total. The van der Waals surface area contributed by atoms with Gasteiger partial charge in [-0.3, -0.25) is 4.79 Å². The number of hydrogen-bond acceptors (Lipinski definition) is 3. The maximum absolute atomic E-state index is 11.9. The minimum atomic E-state index is -3.59. The molecule has 0 saturated carbocycles. The van der Waals surface area contributed by atoms with Gasteiger partial charge >= 0.3 is 0 Å². The van der Waals surface area contributed by atoms with Crippen LogP contribution in [0.15, 0.2) is 22.7 Å². The molecule has 0 spiro atoms. The maximum Gasteiger partial charge on any atom is 0.232 e. The number of halogens is 3. The molecule has 0 aliphatic carbocycles. The van der Waals surface area contributed by atoms with E-state index in [1.54, 1.807) is 23.1 Å². The molecule has 1 fully saturated rings. The molecule has 1 heterocycles. The third kappa shape index (κ3) is 3.84. The number of hydrogen-bond donors (Lipinski definition) is 0. The lowest BCUT2D eigenvalue weighted by Gasteiger charge is -2.18. The van der Waals surface area contributed by atoms with E-state index in [9.17, 15) is 13.2 Å². The summed E-state index contributed by atoms with van der Waals surface area (Å²) >= 11 is 9.19. The molecule has 0 aromatic heterocycles. The topological polar surface area (TPSA) is 54.5 Å². The van der Waals surface area contributed by atoms with E-state index in [4.69, 9.17) is 22.3 Å². The summed E-state index contributed by atoms with van der Waals surface area (Å²) in [4.78, 5) is 13.5. The average Bonchev–Trinajstić information content (AvgIpc) is 2.56. The highest BCUT2D eigenvalue weighted by molar-refractivity contribution is 9.10. The van der Waals surface area contributed by atoms with Gasteiger partial charge in [-0.15, -0.1) is 0 Å². The Hall–Kier alpha value is -0.300. The Kier molecular flexibility index (Phi) is 4.45. The summed E-state index contributed by atoms with van der Waals surface area (Å²) in [6.07, 6.45) is 0.182. The van der Waals surface area contributed by atoms with Crippen molar-refractivity contribution in [1.82, 2.24) is 0 Å². The van der Waals surface area contributed by atoms with Gasteiger partial charge in [-0.05, 0) is 34.1 Å². The Morgan fingerprint density at radius 3 is 2.68 bits per heavy atom. The van der Waals surface area contributed by atoms with Crippen LogP contribution in [0.25, 0.3) is 0 Å². The van der Waals surface area contributed by atoms with Gasteiger partial charge in [-0.2, -0.15) is 0 Å². The third-order valence-corrected chi connectivity index (χ3v) is 4.96. The van der Waals surface area contributed by atoms with Gasteiger partial charge in [-0.1, -0.05) is 11.6 Å². The smallest absolute Gasteiger partial charge is 0.232 e. The first-order chi connectivity index (χ1) is 8.76. The second-order valence-electron chi connectivity index (χ2n) is 4.38. The van der Waals surface area contributed by atoms with E-state index in [1.807, 2.05) is 0 Å². The highest BCUT2D eigenvalue weighted by Gasteiger charge is 2.33. The zero-order valence-corrected chi connectivity index (χ0v) is 13.6. The highest BCUT2D eigenvalue weighted by atomic mass is 79.9. The second-order valence-corrected chi connectivity index (χ2v) is 8.49. The molecular formula is C11H10BrCl2NO3S. The maximum atomic E-state index is 11.9. The van der Waals surface area contributed by atoms with Crippen molar-refractivity contribution in [1.29, 1.82) is 0 Å². The van der Waals surface area contributed by atoms with Crippen molar-refractivity contribution in [2.24, 2.45) is 5.92 Å². The van der Waals surface area contributed by atoms with E-state index >= 15 is 0 Å². The molecule has 1 aliphatic rings. The van der Waals surface area contributed by atoms with Crippen LogP contribution in [0, 0.1) is 5.92 Å². The zero-order valence-electron chi connectivity index (χ0n) is 9.64. The fraction of sp³-hybridized carbons (Fsp3) is 0.364. The standard InChI is InChI=1S/C11H10BrCl2NO3S/c12-9-4-8(13)1-2-10(9)15-5-7(3-11(15)16)6-19(14,17)18/h1-2,4,7H,3,5-6H2. The minimum absolute atomic E-state index is 0.117. The number of carbonyl (C=O) groups excluding carboxylic acids is 1. The van der Waals surface area contributed by atoms with Gasteiger partial charge in [-0.25, -0.2) is 8.42 Å². The highest BCUT2D eigenvalue weighted by Crippen LogP contribution is 2.33. The first kappa shape index (κ1) is 15.1. The average molecular weight is 387 g/mol. The number of benzene rings is 1. The number of carbonyl (C=O) groups is 1. The Bertz CT molecular complexity index is 620. The van der Waals surface area contributed by atoms with E-state index in [1.165, 1.54) is 0 Å². The Morgan fingerprint density at radius 2 is 2.11 bits per heavy atom. The largest absolute Gasteiger partial charge is 0.311 e. The van der Waals surface area contributed by atoms with Crippen LogP contribution in [0.1, 0.15) is 6.42 Å². The van der Waals surface area contributed by atoms with Crippen LogP contribution in [0.4, 0.5) is 5.69 Å². The predicted molar refractivity (Wildman–Crippen MR) is 79.3 cm³/mol. The van der Waals surface area contributed by atoms with Gasteiger partial charge in [0.1, 0.15) is 0 Å². The quantitative estimate of drug-likeness (QED) is 0.750. The van der Waals surface area contributed by atoms with Crippen molar-refractivity contribution < 1.29 is 13.2 Å². The number of rotatable bonds is 3. The molecule has 19 heavy (non-hydrogen) atoms. The first-order valence-corrected chi connectivity index (χ1v) is 9.09. The van der Waals surface area contributed by atoms with Crippen LogP contribution in [-0.2, 0) is 13.8 Å². The number of anilines is 1. The lowest BCUT2D eigenvalue weighted by atomic mass is 10.1. The zero-order chi connectivity index (χ0) is 14.2. The van der Waals surface area contributed by atoms with E-state index < -0.39 is 9.05 Å². The van der Waals surface area contributed by atoms with Crippen LogP contribution in [0.5, 0.6) is 0 Å². The molecule has 1 atom stereocenters. The number of nitrogens with zero attached hydrogens (tertiary/aromatic N) is 1. The van der Waals surface area contributed by atoms with Crippen molar-refractivity contribution in [3.05, 3.63) is 27.7 Å². The van der Waals surface area contributed by atoms with Gasteiger partial charge in [0.15, 0.2) is 0 Å². The molecule has 0 bridgehead atoms. The monoisotopic (exact) mass is 385 g/mol. The Balaban J connectivity index is 2.20. The summed E-state index contributed by atoms with van der Waals surface area (Å²) in [5.74, 6) is -0.590. The molecule has 0 radical (unpaired) electrons. The second kappa shape index (κ2) is 5.60. The lowest BCUT2D eigenvalue weighted by Crippen LogP contribution is -2.25. The van der Waals surface area contributed by atoms with E-state index in [0.717, 1.165) is 0 Å². The van der Waals surface area contributed by atoms with Crippen molar-refractivity contribution in [2.75, 3.05) is 17.2 Å². The van der Waals surface area contributed by atoms with Crippen LogP contribution in [0.2, 0.25) is 5.02 Å². The van der Waals surface area contributed by atoms with Crippen molar-refractivity contribution >= 4 is 58.9 Å². The van der Waals surface area contributed by atoms with Gasteiger partial charge in [0, 0.05) is 39.1 Å². The van der Waals surface area contributed by atoms with Crippen LogP contribution in [-0.4, -0.2) is 26.6 Å². The summed E-state index contributed by atoms with van der Waals surface area (Å²) in [5.41, 5.74) is 0.684. The lowest BCUT2D eigenvalue weighted by molar-refractivity contribution is -0.117. The summed E-state index contributed by atoms with van der Waals surface area (Å²) in [6, 6.07) is 5.10.